The Kier molecular flexibility index (Phi) is 5.70. The van der Waals surface area contributed by atoms with Gasteiger partial charge in [-0.05, 0) is 80.2 Å². The van der Waals surface area contributed by atoms with Gasteiger partial charge in [0.15, 0.2) is 5.78 Å². The number of likely N-dealkylation sites (tertiary alicyclic amines) is 1. The van der Waals surface area contributed by atoms with Crippen molar-refractivity contribution in [2.75, 3.05) is 19.7 Å². The average Bonchev–Trinajstić information content (AvgIpc) is 3.66. The van der Waals surface area contributed by atoms with E-state index in [1.165, 1.54) is 30.5 Å². The van der Waals surface area contributed by atoms with Gasteiger partial charge in [0.1, 0.15) is 18.3 Å². The fourth-order valence-electron chi connectivity index (χ4n) is 7.60. The molecule has 7 atom stereocenters. The molecule has 0 radical (unpaired) electrons. The first-order valence-electron chi connectivity index (χ1n) is 13.2. The Hall–Kier alpha value is -2.68. The number of amides is 3. The molecule has 2 saturated heterocycles. The van der Waals surface area contributed by atoms with Gasteiger partial charge in [0.25, 0.3) is 5.91 Å². The van der Waals surface area contributed by atoms with Crippen LogP contribution in [0.4, 0.5) is 0 Å². The molecule has 3 aliphatic carbocycles. The van der Waals surface area contributed by atoms with Crippen LogP contribution in [0, 0.1) is 17.8 Å². The molecule has 3 heterocycles. The van der Waals surface area contributed by atoms with Gasteiger partial charge in [0.05, 0.1) is 6.04 Å². The largest absolute Gasteiger partial charge is 0.389 e. The Morgan fingerprint density at radius 3 is 2.71 bits per heavy atom. The molecular weight excluding hydrogens is 448 g/mol. The van der Waals surface area contributed by atoms with Crippen molar-refractivity contribution in [1.82, 2.24) is 20.5 Å². The molecule has 6 rings (SSSR count). The van der Waals surface area contributed by atoms with E-state index in [0.29, 0.717) is 37.0 Å². The average molecular weight is 483 g/mol. The van der Waals surface area contributed by atoms with Crippen molar-refractivity contribution >= 4 is 23.5 Å². The minimum Gasteiger partial charge on any atom is -0.389 e. The number of hydrogen-bond acceptors (Lipinski definition) is 5. The summed E-state index contributed by atoms with van der Waals surface area (Å²) >= 11 is 0. The molecule has 35 heavy (non-hydrogen) atoms. The number of aromatic amines is 1. The van der Waals surface area contributed by atoms with Crippen LogP contribution < -0.4 is 10.6 Å². The highest BCUT2D eigenvalue weighted by atomic mass is 16.3. The molecule has 2 saturated carbocycles. The maximum Gasteiger partial charge on any atom is 0.270 e. The molecule has 2 bridgehead atoms. The molecule has 0 spiro atoms. The highest BCUT2D eigenvalue weighted by molar-refractivity contribution is 5.99. The molecule has 9 nitrogen and oxygen atoms in total. The first kappa shape index (κ1) is 22.8. The van der Waals surface area contributed by atoms with E-state index in [9.17, 15) is 24.3 Å². The van der Waals surface area contributed by atoms with Gasteiger partial charge in [-0.25, -0.2) is 0 Å². The van der Waals surface area contributed by atoms with Crippen LogP contribution in [0.2, 0.25) is 0 Å². The molecule has 9 heteroatoms. The summed E-state index contributed by atoms with van der Waals surface area (Å²) in [5, 5.41) is 15.1. The third-order valence-electron chi connectivity index (χ3n) is 9.36. The van der Waals surface area contributed by atoms with E-state index in [0.717, 1.165) is 19.3 Å². The number of carbonyl (C=O) groups excluding carboxylic acids is 4. The van der Waals surface area contributed by atoms with Crippen LogP contribution in [0.5, 0.6) is 0 Å². The second kappa shape index (κ2) is 8.76. The highest BCUT2D eigenvalue weighted by Crippen LogP contribution is 2.53. The lowest BCUT2D eigenvalue weighted by molar-refractivity contribution is -0.133. The number of ketones is 1. The van der Waals surface area contributed by atoms with Crippen LogP contribution in [0.15, 0.2) is 6.07 Å². The zero-order valence-corrected chi connectivity index (χ0v) is 19.9. The predicted molar refractivity (Wildman–Crippen MR) is 126 cm³/mol. The summed E-state index contributed by atoms with van der Waals surface area (Å²) in [6, 6.07) is 0.418. The number of hydrogen-bond donors (Lipinski definition) is 4. The van der Waals surface area contributed by atoms with Crippen molar-refractivity contribution in [1.29, 1.82) is 0 Å². The first-order valence-corrected chi connectivity index (χ1v) is 13.2. The molecule has 1 aromatic rings. The number of H-pyrrole nitrogens is 1. The van der Waals surface area contributed by atoms with Crippen LogP contribution in [-0.4, -0.2) is 70.3 Å². The van der Waals surface area contributed by atoms with Crippen molar-refractivity contribution in [3.8, 4) is 0 Å². The molecule has 5 aliphatic rings. The lowest BCUT2D eigenvalue weighted by atomic mass is 9.92. The second-order valence-corrected chi connectivity index (χ2v) is 11.2. The monoisotopic (exact) mass is 482 g/mol. The standard InChI is InChI=1S/C26H34N4O5/c31-12-21(32)19(9-15-6-7-27-24(15)33)29-25(34)23-17-3-1-2-16(17)11-30(23)26(35)20-10-18-13-4-5-14(8-13)22(18)28-20/h10,13-17,19,23,28,31H,1-9,11-12H2,(H,27,33)(H,29,34). The number of fused-ring (bicyclic) bond motifs is 6. The van der Waals surface area contributed by atoms with E-state index in [-0.39, 0.29) is 41.9 Å². The van der Waals surface area contributed by atoms with Crippen molar-refractivity contribution in [3.05, 3.63) is 23.0 Å². The van der Waals surface area contributed by atoms with E-state index < -0.39 is 24.5 Å². The summed E-state index contributed by atoms with van der Waals surface area (Å²) in [6.07, 6.45) is 7.19. The lowest BCUT2D eigenvalue weighted by Crippen LogP contribution is -2.53. The van der Waals surface area contributed by atoms with Crippen molar-refractivity contribution < 1.29 is 24.3 Å². The fraction of sp³-hybridized carbons (Fsp3) is 0.692. The topological polar surface area (TPSA) is 132 Å². The lowest BCUT2D eigenvalue weighted by Gasteiger charge is -2.29. The molecule has 2 aliphatic heterocycles. The molecule has 0 aromatic carbocycles. The number of aromatic nitrogens is 1. The van der Waals surface area contributed by atoms with Crippen LogP contribution in [0.1, 0.15) is 84.9 Å². The van der Waals surface area contributed by atoms with Gasteiger partial charge in [0, 0.05) is 24.7 Å². The maximum atomic E-state index is 13.7. The van der Waals surface area contributed by atoms with Gasteiger partial charge in [0.2, 0.25) is 11.8 Å². The van der Waals surface area contributed by atoms with Crippen LogP contribution in [0.25, 0.3) is 0 Å². The first-order chi connectivity index (χ1) is 16.9. The molecular formula is C26H34N4O5. The number of aliphatic hydroxyl groups excluding tert-OH is 1. The predicted octanol–water partition coefficient (Wildman–Crippen LogP) is 1.19. The molecule has 4 fully saturated rings. The van der Waals surface area contributed by atoms with Crippen molar-refractivity contribution in [3.63, 3.8) is 0 Å². The van der Waals surface area contributed by atoms with E-state index >= 15 is 0 Å². The third-order valence-corrected chi connectivity index (χ3v) is 9.36. The number of Topliss-reactive ketones (excluding diaryl/α,β-unsaturated/α-hetero) is 1. The molecule has 3 amide bonds. The zero-order chi connectivity index (χ0) is 24.3. The normalized spacial score (nSPS) is 33.5. The minimum absolute atomic E-state index is 0.0663. The third kappa shape index (κ3) is 3.79. The molecule has 4 N–H and O–H groups in total. The summed E-state index contributed by atoms with van der Waals surface area (Å²) in [4.78, 5) is 57.0. The van der Waals surface area contributed by atoms with Crippen molar-refractivity contribution in [2.24, 2.45) is 17.8 Å². The number of nitrogens with one attached hydrogen (secondary N) is 3. The SMILES string of the molecule is O=C1NCCC1CC(NC(=O)C1C2CCCC2CN1C(=O)c1cc2c([nH]1)C1CCC2C1)C(=O)CO. The summed E-state index contributed by atoms with van der Waals surface area (Å²) in [7, 11) is 0. The fourth-order valence-corrected chi connectivity index (χ4v) is 7.60. The number of nitrogens with zero attached hydrogens (tertiary/aromatic N) is 1. The number of rotatable bonds is 7. The van der Waals surface area contributed by atoms with Crippen LogP contribution in [-0.2, 0) is 14.4 Å². The Morgan fingerprint density at radius 1 is 1.14 bits per heavy atom. The summed E-state index contributed by atoms with van der Waals surface area (Å²) < 4.78 is 0. The Labute approximate surface area is 204 Å². The van der Waals surface area contributed by atoms with Gasteiger partial charge in [-0.15, -0.1) is 0 Å². The Balaban J connectivity index is 1.22. The quantitative estimate of drug-likeness (QED) is 0.464. The minimum atomic E-state index is -0.941. The van der Waals surface area contributed by atoms with E-state index in [1.54, 1.807) is 4.90 Å². The number of aliphatic hydroxyl groups is 1. The van der Waals surface area contributed by atoms with E-state index in [2.05, 4.69) is 15.6 Å². The Bertz CT molecular complexity index is 1040. The summed E-state index contributed by atoms with van der Waals surface area (Å²) in [5.74, 6) is -0.0874. The maximum absolute atomic E-state index is 13.7. The Morgan fingerprint density at radius 2 is 1.97 bits per heavy atom. The van der Waals surface area contributed by atoms with E-state index in [4.69, 9.17) is 0 Å². The molecule has 7 unspecified atom stereocenters. The van der Waals surface area contributed by atoms with E-state index in [1.807, 2.05) is 6.07 Å². The van der Waals surface area contributed by atoms with Crippen molar-refractivity contribution in [2.45, 2.75) is 75.3 Å². The van der Waals surface area contributed by atoms with Crippen LogP contribution >= 0.6 is 0 Å². The molecule has 188 valence electrons. The summed E-state index contributed by atoms with van der Waals surface area (Å²) in [6.45, 7) is 0.394. The second-order valence-electron chi connectivity index (χ2n) is 11.2. The summed E-state index contributed by atoms with van der Waals surface area (Å²) in [5.41, 5.74) is 3.04. The molecule has 1 aromatic heterocycles. The van der Waals surface area contributed by atoms with Gasteiger partial charge >= 0.3 is 0 Å². The van der Waals surface area contributed by atoms with Gasteiger partial charge < -0.3 is 25.6 Å². The number of carbonyl (C=O) groups is 4. The van der Waals surface area contributed by atoms with Gasteiger partial charge in [-0.2, -0.15) is 0 Å². The van der Waals surface area contributed by atoms with Gasteiger partial charge in [-0.1, -0.05) is 6.42 Å². The smallest absolute Gasteiger partial charge is 0.270 e. The van der Waals surface area contributed by atoms with Crippen LogP contribution in [0.3, 0.4) is 0 Å². The zero-order valence-electron chi connectivity index (χ0n) is 19.9. The highest BCUT2D eigenvalue weighted by Gasteiger charge is 2.50. The van der Waals surface area contributed by atoms with Gasteiger partial charge in [-0.3, -0.25) is 19.2 Å².